The molecule has 45 heavy (non-hydrogen) atoms. The summed E-state index contributed by atoms with van der Waals surface area (Å²) in [5.74, 6) is -1.95. The Hall–Kier alpha value is -3.62. The zero-order valence-corrected chi connectivity index (χ0v) is 27.1. The lowest BCUT2D eigenvalue weighted by Crippen LogP contribution is -2.56. The Morgan fingerprint density at radius 2 is 1.58 bits per heavy atom. The number of esters is 3. The number of aryl methyl sites for hydroxylation is 2. The van der Waals surface area contributed by atoms with E-state index in [1.54, 1.807) is 18.2 Å². The third-order valence-electron chi connectivity index (χ3n) is 7.50. The quantitative estimate of drug-likeness (QED) is 0.198. The van der Waals surface area contributed by atoms with Crippen molar-refractivity contribution in [3.63, 3.8) is 0 Å². The number of carbonyl (C=O) groups excluding carboxylic acids is 3. The topological polar surface area (TPSA) is 125 Å². The maximum atomic E-state index is 12.2. The van der Waals surface area contributed by atoms with E-state index < -0.39 is 41.7 Å². The number of aromatic nitrogens is 1. The van der Waals surface area contributed by atoms with Crippen LogP contribution in [0.4, 0.5) is 0 Å². The molecule has 2 heterocycles. The van der Waals surface area contributed by atoms with Crippen LogP contribution in [0.2, 0.25) is 10.0 Å². The monoisotopic (exact) mass is 668 g/mol. The highest BCUT2D eigenvalue weighted by molar-refractivity contribution is 7.99. The number of hydrogen-bond donors (Lipinski definition) is 0. The zero-order chi connectivity index (χ0) is 32.2. The van der Waals surface area contributed by atoms with Crippen molar-refractivity contribution in [2.75, 3.05) is 6.61 Å². The van der Waals surface area contributed by atoms with E-state index in [9.17, 15) is 19.6 Å². The number of hydrogen-bond acceptors (Lipinski definition) is 10. The van der Waals surface area contributed by atoms with Gasteiger partial charge in [-0.05, 0) is 61.1 Å². The van der Waals surface area contributed by atoms with Crippen LogP contribution < -0.4 is 0 Å². The Morgan fingerprint density at radius 3 is 2.24 bits per heavy atom. The summed E-state index contributed by atoms with van der Waals surface area (Å²) in [7, 11) is 0. The van der Waals surface area contributed by atoms with Crippen LogP contribution >= 0.6 is 35.0 Å². The molecule has 1 saturated heterocycles. The highest BCUT2D eigenvalue weighted by Gasteiger charge is 2.47. The molecule has 0 bridgehead atoms. The number of fused-ring (bicyclic) bond motifs is 1. The summed E-state index contributed by atoms with van der Waals surface area (Å²) in [5, 5.41) is 11.5. The molecule has 2 aromatic carbocycles. The van der Waals surface area contributed by atoms with Gasteiger partial charge >= 0.3 is 17.9 Å². The van der Waals surface area contributed by atoms with Gasteiger partial charge in [0.25, 0.3) is 0 Å². The van der Waals surface area contributed by atoms with Gasteiger partial charge in [0.05, 0.1) is 17.9 Å². The average molecular weight is 670 g/mol. The lowest BCUT2D eigenvalue weighted by Gasteiger charge is -2.40. The molecule has 9 nitrogen and oxygen atoms in total. The summed E-state index contributed by atoms with van der Waals surface area (Å²) in [6.45, 7) is 3.46. The zero-order valence-electron chi connectivity index (χ0n) is 24.8. The van der Waals surface area contributed by atoms with Crippen LogP contribution in [-0.2, 0) is 46.2 Å². The Kier molecular flexibility index (Phi) is 10.3. The maximum absolute atomic E-state index is 12.2. The molecule has 4 atom stereocenters. The van der Waals surface area contributed by atoms with Crippen LogP contribution in [0.5, 0.6) is 0 Å². The van der Waals surface area contributed by atoms with E-state index in [4.69, 9.17) is 47.1 Å². The third kappa shape index (κ3) is 7.61. The lowest BCUT2D eigenvalue weighted by atomic mass is 9.89. The highest BCUT2D eigenvalue weighted by atomic mass is 35.5. The molecule has 2 aliphatic rings. The molecule has 3 aromatic rings. The van der Waals surface area contributed by atoms with Crippen LogP contribution in [0.3, 0.4) is 0 Å². The molecular weight excluding hydrogens is 639 g/mol. The van der Waals surface area contributed by atoms with E-state index in [0.29, 0.717) is 26.9 Å². The van der Waals surface area contributed by atoms with Crippen molar-refractivity contribution in [2.24, 2.45) is 0 Å². The number of pyridine rings is 1. The highest BCUT2D eigenvalue weighted by Crippen LogP contribution is 2.42. The van der Waals surface area contributed by atoms with Crippen molar-refractivity contribution >= 4 is 52.9 Å². The van der Waals surface area contributed by atoms with Gasteiger partial charge in [-0.15, -0.1) is 0 Å². The number of rotatable bonds is 7. The third-order valence-corrected chi connectivity index (χ3v) is 9.20. The van der Waals surface area contributed by atoms with Crippen LogP contribution in [-0.4, -0.2) is 53.2 Å². The van der Waals surface area contributed by atoms with Crippen molar-refractivity contribution in [2.45, 2.75) is 75.2 Å². The molecule has 0 spiro atoms. The van der Waals surface area contributed by atoms with Crippen molar-refractivity contribution in [3.05, 3.63) is 69.2 Å². The van der Waals surface area contributed by atoms with Gasteiger partial charge in [-0.1, -0.05) is 53.2 Å². The van der Waals surface area contributed by atoms with Crippen LogP contribution in [0.1, 0.15) is 50.3 Å². The minimum absolute atomic E-state index is 0.158. The molecule has 5 rings (SSSR count). The van der Waals surface area contributed by atoms with E-state index in [0.717, 1.165) is 43.0 Å². The Bertz CT molecular complexity index is 1690. The first kappa shape index (κ1) is 32.8. The number of halogens is 2. The molecule has 0 unspecified atom stereocenters. The number of ether oxygens (including phenoxy) is 4. The summed E-state index contributed by atoms with van der Waals surface area (Å²) in [6.07, 6.45) is 0.868. The van der Waals surface area contributed by atoms with E-state index in [2.05, 4.69) is 18.2 Å². The summed E-state index contributed by atoms with van der Waals surface area (Å²) in [6, 6.07) is 15.4. The van der Waals surface area contributed by atoms with Crippen molar-refractivity contribution < 1.29 is 33.3 Å². The Morgan fingerprint density at radius 1 is 0.889 bits per heavy atom. The van der Waals surface area contributed by atoms with E-state index in [1.165, 1.54) is 31.9 Å². The number of thioether (sulfide) groups is 1. The molecule has 0 saturated carbocycles. The molecule has 0 amide bonds. The number of nitrogens with zero attached hydrogens (tertiary/aromatic N) is 2. The normalized spacial score (nSPS) is 20.8. The van der Waals surface area contributed by atoms with E-state index >= 15 is 0 Å². The maximum Gasteiger partial charge on any atom is 0.303 e. The fraction of sp³-hybridized carbons (Fsp3) is 0.364. The molecule has 1 fully saturated rings. The molecule has 1 aliphatic carbocycles. The van der Waals surface area contributed by atoms with Crippen molar-refractivity contribution in [1.82, 2.24) is 4.98 Å². The number of benzene rings is 2. The average Bonchev–Trinajstić information content (AvgIpc) is 2.98. The van der Waals surface area contributed by atoms with Crippen molar-refractivity contribution in [1.29, 1.82) is 5.26 Å². The molecule has 12 heteroatoms. The first-order valence-corrected chi connectivity index (χ1v) is 16.0. The molecule has 234 valence electrons. The van der Waals surface area contributed by atoms with Gasteiger partial charge in [-0.2, -0.15) is 5.26 Å². The largest absolute Gasteiger partial charge is 0.456 e. The van der Waals surface area contributed by atoms with Crippen molar-refractivity contribution in [3.8, 4) is 28.5 Å². The second-order valence-electron chi connectivity index (χ2n) is 10.8. The first-order valence-electron chi connectivity index (χ1n) is 14.4. The van der Waals surface area contributed by atoms with Gasteiger partial charge in [0.1, 0.15) is 16.5 Å². The van der Waals surface area contributed by atoms with E-state index in [-0.39, 0.29) is 17.2 Å². The summed E-state index contributed by atoms with van der Waals surface area (Å²) < 4.78 is 22.5. The summed E-state index contributed by atoms with van der Waals surface area (Å²) >= 11 is 13.9. The SMILES string of the molecule is CC(=O)O[C@@H]1[C@@H](OC(C)=O)[C@H](Sc2nc(-c3ccc4c(c3)CCCC4)cc(-c3ccc(Cl)cc3Cl)c2C#N)OC[C@H]1OC(C)=O. The van der Waals surface area contributed by atoms with Crippen LogP contribution in [0.15, 0.2) is 47.5 Å². The Balaban J connectivity index is 1.63. The Labute approximate surface area is 275 Å². The number of carbonyl (C=O) groups is 3. The second kappa shape index (κ2) is 14.2. The minimum Gasteiger partial charge on any atom is -0.456 e. The molecule has 1 aromatic heterocycles. The van der Waals surface area contributed by atoms with Crippen LogP contribution in [0, 0.1) is 11.3 Å². The smallest absolute Gasteiger partial charge is 0.303 e. The fourth-order valence-electron chi connectivity index (χ4n) is 5.60. The standard InChI is InChI=1S/C33H30Cl2N2O7S/c1-17(38)42-29-16-41-33(31(44-19(3)40)30(29)43-18(2)39)45-32-26(15-36)25(24-11-10-23(34)13-27(24)35)14-28(37-32)22-9-8-20-6-4-5-7-21(20)12-22/h8-14,29-31,33H,4-7,16H2,1-3H3/t29-,30+,31-,33+/m1/s1. The van der Waals surface area contributed by atoms with Gasteiger partial charge in [0.2, 0.25) is 0 Å². The second-order valence-corrected chi connectivity index (χ2v) is 12.7. The van der Waals surface area contributed by atoms with Gasteiger partial charge in [0, 0.05) is 47.5 Å². The van der Waals surface area contributed by atoms with Gasteiger partial charge in [0.15, 0.2) is 18.3 Å². The molecular formula is C33H30Cl2N2O7S. The number of nitriles is 1. The molecule has 0 N–H and O–H groups in total. The first-order chi connectivity index (χ1) is 21.5. The van der Waals surface area contributed by atoms with E-state index in [1.807, 2.05) is 12.1 Å². The molecule has 1 aliphatic heterocycles. The summed E-state index contributed by atoms with van der Waals surface area (Å²) in [4.78, 5) is 41.0. The molecule has 0 radical (unpaired) electrons. The minimum atomic E-state index is -1.20. The van der Waals surface area contributed by atoms with Gasteiger partial charge in [-0.3, -0.25) is 14.4 Å². The van der Waals surface area contributed by atoms with Crippen LogP contribution in [0.25, 0.3) is 22.4 Å². The van der Waals surface area contributed by atoms with Gasteiger partial charge in [-0.25, -0.2) is 4.98 Å². The fourth-order valence-corrected chi connectivity index (χ4v) is 7.24. The van der Waals surface area contributed by atoms with Gasteiger partial charge < -0.3 is 18.9 Å². The predicted molar refractivity (Wildman–Crippen MR) is 169 cm³/mol. The lowest BCUT2D eigenvalue weighted by molar-refractivity contribution is -0.213. The summed E-state index contributed by atoms with van der Waals surface area (Å²) in [5.41, 5.74) is 4.36. The predicted octanol–water partition coefficient (Wildman–Crippen LogP) is 6.72.